The molecule has 0 saturated carbocycles. The highest BCUT2D eigenvalue weighted by Crippen LogP contribution is 2.31. The fourth-order valence-corrected chi connectivity index (χ4v) is 5.10. The summed E-state index contributed by atoms with van der Waals surface area (Å²) >= 11 is 0. The van der Waals surface area contributed by atoms with Crippen LogP contribution in [0.25, 0.3) is 0 Å². The van der Waals surface area contributed by atoms with Crippen molar-refractivity contribution in [1.82, 2.24) is 14.1 Å². The second-order valence-corrected chi connectivity index (χ2v) is 9.53. The molecule has 1 heterocycles. The van der Waals surface area contributed by atoms with E-state index >= 15 is 0 Å². The van der Waals surface area contributed by atoms with Gasteiger partial charge in [-0.3, -0.25) is 4.79 Å². The van der Waals surface area contributed by atoms with E-state index in [2.05, 4.69) is 11.8 Å². The minimum atomic E-state index is -3.97. The lowest BCUT2D eigenvalue weighted by Gasteiger charge is -2.35. The van der Waals surface area contributed by atoms with Crippen LogP contribution in [-0.4, -0.2) is 81.9 Å². The Morgan fingerprint density at radius 1 is 0.969 bits per heavy atom. The molecule has 0 aliphatic carbocycles. The van der Waals surface area contributed by atoms with Gasteiger partial charge in [0.2, 0.25) is 15.9 Å². The SMILES string of the molecule is CCN1CCN(C(=O)CN(Cc2ccccc2)S(=O)(=O)c2ccc(OC)c(OC)c2)CC1. The molecule has 8 nitrogen and oxygen atoms in total. The highest BCUT2D eigenvalue weighted by Gasteiger charge is 2.30. The van der Waals surface area contributed by atoms with Crippen LogP contribution in [-0.2, 0) is 21.4 Å². The molecular formula is C23H31N3O5S. The van der Waals surface area contributed by atoms with Gasteiger partial charge in [0.05, 0.1) is 25.7 Å². The first-order valence-electron chi connectivity index (χ1n) is 10.6. The summed E-state index contributed by atoms with van der Waals surface area (Å²) < 4.78 is 38.9. The highest BCUT2D eigenvalue weighted by atomic mass is 32.2. The summed E-state index contributed by atoms with van der Waals surface area (Å²) in [5.74, 6) is 0.557. The summed E-state index contributed by atoms with van der Waals surface area (Å²) in [4.78, 5) is 17.1. The first kappa shape index (κ1) is 24.0. The zero-order chi connectivity index (χ0) is 23.1. The van der Waals surface area contributed by atoms with Crippen LogP contribution in [0.1, 0.15) is 12.5 Å². The smallest absolute Gasteiger partial charge is 0.243 e. The molecule has 1 fully saturated rings. The average Bonchev–Trinajstić information content (AvgIpc) is 2.83. The van der Waals surface area contributed by atoms with Crippen molar-refractivity contribution in [2.24, 2.45) is 0 Å². The number of methoxy groups -OCH3 is 2. The predicted octanol–water partition coefficient (Wildman–Crippen LogP) is 2.06. The van der Waals surface area contributed by atoms with Gasteiger partial charge in [0, 0.05) is 38.8 Å². The molecule has 32 heavy (non-hydrogen) atoms. The Bertz CT molecular complexity index is 1010. The van der Waals surface area contributed by atoms with Gasteiger partial charge in [-0.25, -0.2) is 8.42 Å². The van der Waals surface area contributed by atoms with Crippen LogP contribution in [0.5, 0.6) is 11.5 Å². The maximum atomic E-state index is 13.6. The molecule has 9 heteroatoms. The van der Waals surface area contributed by atoms with Gasteiger partial charge in [-0.1, -0.05) is 37.3 Å². The largest absolute Gasteiger partial charge is 0.493 e. The number of carbonyl (C=O) groups excluding carboxylic acids is 1. The maximum Gasteiger partial charge on any atom is 0.243 e. The maximum absolute atomic E-state index is 13.6. The molecule has 174 valence electrons. The van der Waals surface area contributed by atoms with E-state index in [-0.39, 0.29) is 23.9 Å². The molecule has 2 aromatic rings. The summed E-state index contributed by atoms with van der Waals surface area (Å²) in [5.41, 5.74) is 0.806. The Morgan fingerprint density at radius 2 is 1.62 bits per heavy atom. The molecule has 2 aromatic carbocycles. The van der Waals surface area contributed by atoms with Gasteiger partial charge in [0.25, 0.3) is 0 Å². The standard InChI is InChI=1S/C23H31N3O5S/c1-4-24-12-14-25(15-13-24)23(27)18-26(17-19-8-6-5-7-9-19)32(28,29)20-10-11-21(30-2)22(16-20)31-3/h5-11,16H,4,12-15,17-18H2,1-3H3. The average molecular weight is 462 g/mol. The van der Waals surface area contributed by atoms with E-state index in [0.29, 0.717) is 24.6 Å². The number of ether oxygens (including phenoxy) is 2. The van der Waals surface area contributed by atoms with E-state index in [1.807, 2.05) is 30.3 Å². The molecule has 0 bridgehead atoms. The summed E-state index contributed by atoms with van der Waals surface area (Å²) in [6.07, 6.45) is 0. The second kappa shape index (κ2) is 10.8. The van der Waals surface area contributed by atoms with Crippen LogP contribution in [0, 0.1) is 0 Å². The zero-order valence-electron chi connectivity index (χ0n) is 18.9. The van der Waals surface area contributed by atoms with Crippen LogP contribution >= 0.6 is 0 Å². The number of carbonyl (C=O) groups is 1. The van der Waals surface area contributed by atoms with E-state index in [1.54, 1.807) is 11.0 Å². The van der Waals surface area contributed by atoms with Crippen LogP contribution in [0.4, 0.5) is 0 Å². The quantitative estimate of drug-likeness (QED) is 0.569. The Kier molecular flexibility index (Phi) is 8.11. The fraction of sp³-hybridized carbons (Fsp3) is 0.435. The van der Waals surface area contributed by atoms with Crippen LogP contribution in [0.15, 0.2) is 53.4 Å². The first-order valence-corrected chi connectivity index (χ1v) is 12.1. The van der Waals surface area contributed by atoms with Crippen molar-refractivity contribution < 1.29 is 22.7 Å². The Hall–Kier alpha value is -2.62. The van der Waals surface area contributed by atoms with Crippen molar-refractivity contribution in [3.8, 4) is 11.5 Å². The van der Waals surface area contributed by atoms with Gasteiger partial charge in [0.15, 0.2) is 11.5 Å². The number of amides is 1. The molecule has 0 N–H and O–H groups in total. The van der Waals surface area contributed by atoms with Gasteiger partial charge in [-0.2, -0.15) is 4.31 Å². The predicted molar refractivity (Wildman–Crippen MR) is 122 cm³/mol. The summed E-state index contributed by atoms with van der Waals surface area (Å²) in [7, 11) is -1.02. The number of nitrogens with zero attached hydrogens (tertiary/aromatic N) is 3. The number of hydrogen-bond acceptors (Lipinski definition) is 6. The van der Waals surface area contributed by atoms with Gasteiger partial charge < -0.3 is 19.3 Å². The molecule has 0 radical (unpaired) electrons. The zero-order valence-corrected chi connectivity index (χ0v) is 19.7. The molecule has 1 saturated heterocycles. The Labute approximate surface area is 190 Å². The van der Waals surface area contributed by atoms with E-state index < -0.39 is 10.0 Å². The third kappa shape index (κ3) is 5.59. The van der Waals surface area contributed by atoms with Crippen molar-refractivity contribution in [1.29, 1.82) is 0 Å². The van der Waals surface area contributed by atoms with Crippen molar-refractivity contribution >= 4 is 15.9 Å². The van der Waals surface area contributed by atoms with Gasteiger partial charge in [-0.15, -0.1) is 0 Å². The van der Waals surface area contributed by atoms with Crippen molar-refractivity contribution in [3.63, 3.8) is 0 Å². The third-order valence-electron chi connectivity index (χ3n) is 5.68. The fourth-order valence-electron chi connectivity index (χ4n) is 3.70. The topological polar surface area (TPSA) is 79.4 Å². The van der Waals surface area contributed by atoms with Crippen LogP contribution in [0.3, 0.4) is 0 Å². The molecule has 1 amide bonds. The van der Waals surface area contributed by atoms with E-state index in [1.165, 1.54) is 30.7 Å². The van der Waals surface area contributed by atoms with Gasteiger partial charge in [-0.05, 0) is 24.2 Å². The number of piperazine rings is 1. The second-order valence-electron chi connectivity index (χ2n) is 7.59. The molecule has 3 rings (SSSR count). The molecule has 1 aliphatic heterocycles. The molecule has 0 spiro atoms. The number of sulfonamides is 1. The minimum absolute atomic E-state index is 0.0506. The molecule has 0 unspecified atom stereocenters. The van der Waals surface area contributed by atoms with Crippen molar-refractivity contribution in [2.45, 2.75) is 18.4 Å². The molecule has 0 aromatic heterocycles. The number of benzene rings is 2. The Morgan fingerprint density at radius 3 is 2.22 bits per heavy atom. The van der Waals surface area contributed by atoms with E-state index in [0.717, 1.165) is 25.2 Å². The summed E-state index contributed by atoms with van der Waals surface area (Å²) in [6, 6.07) is 13.7. The molecule has 0 atom stereocenters. The highest BCUT2D eigenvalue weighted by molar-refractivity contribution is 7.89. The normalized spacial score (nSPS) is 15.1. The van der Waals surface area contributed by atoms with Gasteiger partial charge >= 0.3 is 0 Å². The lowest BCUT2D eigenvalue weighted by molar-refractivity contribution is -0.133. The first-order chi connectivity index (χ1) is 15.4. The number of rotatable bonds is 9. The lowest BCUT2D eigenvalue weighted by atomic mass is 10.2. The van der Waals surface area contributed by atoms with E-state index in [9.17, 15) is 13.2 Å². The van der Waals surface area contributed by atoms with E-state index in [4.69, 9.17) is 9.47 Å². The third-order valence-corrected chi connectivity index (χ3v) is 7.47. The number of hydrogen-bond donors (Lipinski definition) is 0. The molecule has 1 aliphatic rings. The van der Waals surface area contributed by atoms with Crippen LogP contribution in [0.2, 0.25) is 0 Å². The summed E-state index contributed by atoms with van der Waals surface area (Å²) in [5, 5.41) is 0. The summed E-state index contributed by atoms with van der Waals surface area (Å²) in [6.45, 7) is 5.69. The minimum Gasteiger partial charge on any atom is -0.493 e. The van der Waals surface area contributed by atoms with Crippen molar-refractivity contribution in [3.05, 3.63) is 54.1 Å². The Balaban J connectivity index is 1.87. The van der Waals surface area contributed by atoms with Gasteiger partial charge in [0.1, 0.15) is 0 Å². The van der Waals surface area contributed by atoms with Crippen molar-refractivity contribution in [2.75, 3.05) is 53.5 Å². The van der Waals surface area contributed by atoms with Crippen LogP contribution < -0.4 is 9.47 Å². The lowest BCUT2D eigenvalue weighted by Crippen LogP contribution is -2.51. The number of likely N-dealkylation sites (N-methyl/N-ethyl adjacent to an activating group) is 1. The monoisotopic (exact) mass is 461 g/mol. The molecular weight excluding hydrogens is 430 g/mol.